The summed E-state index contributed by atoms with van der Waals surface area (Å²) in [5, 5.41) is 0. The minimum absolute atomic E-state index is 0.161. The molecule has 0 unspecified atom stereocenters. The topological polar surface area (TPSA) is 12.9 Å². The summed E-state index contributed by atoms with van der Waals surface area (Å²) in [5.41, 5.74) is 2.52. The molecule has 0 radical (unpaired) electrons. The first-order valence-electron chi connectivity index (χ1n) is 4.49. The molecule has 0 aliphatic heterocycles. The summed E-state index contributed by atoms with van der Waals surface area (Å²) in [5.74, 6) is 1.00. The van der Waals surface area contributed by atoms with Crippen LogP contribution in [0, 0.1) is 0 Å². The van der Waals surface area contributed by atoms with Crippen LogP contribution in [-0.2, 0) is 11.2 Å². The van der Waals surface area contributed by atoms with E-state index >= 15 is 0 Å². The van der Waals surface area contributed by atoms with E-state index in [1.807, 2.05) is 11.8 Å². The highest BCUT2D eigenvalue weighted by atomic mass is 32.2. The fourth-order valence-electron chi connectivity index (χ4n) is 1.13. The summed E-state index contributed by atoms with van der Waals surface area (Å²) in [6, 6.07) is 6.29. The Hall–Kier alpha value is -0.500. The fourth-order valence-corrected chi connectivity index (χ4v) is 1.58. The third kappa shape index (κ3) is 3.03. The van der Waals surface area contributed by atoms with Gasteiger partial charge in [0.05, 0.1) is 5.69 Å². The van der Waals surface area contributed by atoms with Crippen LogP contribution < -0.4 is 0 Å². The molecule has 0 aromatic carbocycles. The number of aromatic nitrogens is 1. The summed E-state index contributed by atoms with van der Waals surface area (Å²) in [6.07, 6.45) is 2.10. The first kappa shape index (κ1) is 10.6. The molecule has 1 rings (SSSR count). The molecule has 0 saturated heterocycles. The van der Waals surface area contributed by atoms with E-state index in [1.54, 1.807) is 0 Å². The maximum absolute atomic E-state index is 4.61. The molecule has 72 valence electrons. The van der Waals surface area contributed by atoms with E-state index in [0.717, 1.165) is 5.75 Å². The van der Waals surface area contributed by atoms with Gasteiger partial charge in [0.15, 0.2) is 0 Å². The van der Waals surface area contributed by atoms with Gasteiger partial charge in [0.1, 0.15) is 0 Å². The van der Waals surface area contributed by atoms with Crippen molar-refractivity contribution >= 4 is 11.8 Å². The van der Waals surface area contributed by atoms with Gasteiger partial charge in [-0.25, -0.2) is 0 Å². The van der Waals surface area contributed by atoms with Crippen LogP contribution in [-0.4, -0.2) is 11.2 Å². The second kappa shape index (κ2) is 4.14. The van der Waals surface area contributed by atoms with Gasteiger partial charge in [-0.3, -0.25) is 4.98 Å². The maximum atomic E-state index is 4.61. The molecule has 1 aromatic heterocycles. The van der Waals surface area contributed by atoms with Crippen LogP contribution in [0.15, 0.2) is 18.2 Å². The Morgan fingerprint density at radius 1 is 1.31 bits per heavy atom. The van der Waals surface area contributed by atoms with E-state index in [-0.39, 0.29) is 5.41 Å². The smallest absolute Gasteiger partial charge is 0.0506 e. The largest absolute Gasteiger partial charge is 0.256 e. The molecule has 0 fully saturated rings. The fraction of sp³-hybridized carbons (Fsp3) is 0.545. The summed E-state index contributed by atoms with van der Waals surface area (Å²) in [6.45, 7) is 6.58. The molecule has 0 saturated carbocycles. The second-order valence-electron chi connectivity index (χ2n) is 4.20. The third-order valence-corrected chi connectivity index (χ3v) is 2.45. The molecule has 0 amide bonds. The molecule has 0 aliphatic carbocycles. The van der Waals surface area contributed by atoms with Gasteiger partial charge in [0, 0.05) is 16.9 Å². The molecular formula is C11H17NS. The van der Waals surface area contributed by atoms with Gasteiger partial charge in [0.2, 0.25) is 0 Å². The Labute approximate surface area is 85.0 Å². The van der Waals surface area contributed by atoms with Gasteiger partial charge in [-0.15, -0.1) is 0 Å². The molecule has 1 heterocycles. The number of thioether (sulfide) groups is 1. The van der Waals surface area contributed by atoms with Crippen molar-refractivity contribution < 1.29 is 0 Å². The van der Waals surface area contributed by atoms with Crippen LogP contribution >= 0.6 is 11.8 Å². The van der Waals surface area contributed by atoms with Gasteiger partial charge in [0.25, 0.3) is 0 Å². The zero-order chi connectivity index (χ0) is 9.90. The monoisotopic (exact) mass is 195 g/mol. The highest BCUT2D eigenvalue weighted by Gasteiger charge is 2.14. The van der Waals surface area contributed by atoms with Crippen molar-refractivity contribution in [1.82, 2.24) is 4.98 Å². The molecule has 0 atom stereocenters. The zero-order valence-corrected chi connectivity index (χ0v) is 9.61. The predicted molar refractivity (Wildman–Crippen MR) is 60.2 cm³/mol. The number of hydrogen-bond donors (Lipinski definition) is 0. The van der Waals surface area contributed by atoms with E-state index < -0.39 is 0 Å². The molecule has 0 bridgehead atoms. The van der Waals surface area contributed by atoms with Crippen LogP contribution in [0.2, 0.25) is 0 Å². The Morgan fingerprint density at radius 3 is 2.54 bits per heavy atom. The van der Waals surface area contributed by atoms with Crippen LogP contribution in [0.3, 0.4) is 0 Å². The average molecular weight is 195 g/mol. The highest BCUT2D eigenvalue weighted by Crippen LogP contribution is 2.20. The Bertz CT molecular complexity index is 276. The minimum Gasteiger partial charge on any atom is -0.256 e. The molecule has 0 spiro atoms. The van der Waals surface area contributed by atoms with E-state index in [4.69, 9.17) is 0 Å². The molecule has 2 heteroatoms. The van der Waals surface area contributed by atoms with E-state index in [9.17, 15) is 0 Å². The van der Waals surface area contributed by atoms with Gasteiger partial charge in [-0.05, 0) is 18.4 Å². The Morgan fingerprint density at radius 2 is 2.00 bits per heavy atom. The Balaban J connectivity index is 2.92. The SMILES string of the molecule is CSCc1cccc(C(C)(C)C)n1. The third-order valence-electron chi connectivity index (χ3n) is 1.87. The van der Waals surface area contributed by atoms with Crippen molar-refractivity contribution in [3.05, 3.63) is 29.6 Å². The minimum atomic E-state index is 0.161. The molecule has 1 aromatic rings. The van der Waals surface area contributed by atoms with Crippen molar-refractivity contribution in [1.29, 1.82) is 0 Å². The standard InChI is InChI=1S/C11H17NS/c1-11(2,3)10-7-5-6-9(12-10)8-13-4/h5-7H,8H2,1-4H3. The number of nitrogens with zero attached hydrogens (tertiary/aromatic N) is 1. The lowest BCUT2D eigenvalue weighted by Gasteiger charge is -2.18. The summed E-state index contributed by atoms with van der Waals surface area (Å²) in [4.78, 5) is 4.61. The normalized spacial score (nSPS) is 11.7. The van der Waals surface area contributed by atoms with Crippen molar-refractivity contribution in [3.8, 4) is 0 Å². The predicted octanol–water partition coefficient (Wildman–Crippen LogP) is 3.24. The summed E-state index contributed by atoms with van der Waals surface area (Å²) >= 11 is 1.81. The quantitative estimate of drug-likeness (QED) is 0.718. The van der Waals surface area contributed by atoms with Gasteiger partial charge < -0.3 is 0 Å². The molecule has 0 N–H and O–H groups in total. The van der Waals surface area contributed by atoms with E-state index in [0.29, 0.717) is 0 Å². The average Bonchev–Trinajstić information content (AvgIpc) is 2.04. The van der Waals surface area contributed by atoms with Gasteiger partial charge >= 0.3 is 0 Å². The number of pyridine rings is 1. The second-order valence-corrected chi connectivity index (χ2v) is 5.06. The van der Waals surface area contributed by atoms with Crippen LogP contribution in [0.5, 0.6) is 0 Å². The highest BCUT2D eigenvalue weighted by molar-refractivity contribution is 7.97. The Kier molecular flexibility index (Phi) is 3.37. The molecule has 0 aliphatic rings. The number of hydrogen-bond acceptors (Lipinski definition) is 2. The first-order chi connectivity index (χ1) is 6.04. The van der Waals surface area contributed by atoms with Crippen molar-refractivity contribution in [3.63, 3.8) is 0 Å². The zero-order valence-electron chi connectivity index (χ0n) is 8.79. The van der Waals surface area contributed by atoms with Crippen molar-refractivity contribution in [2.45, 2.75) is 31.9 Å². The first-order valence-corrected chi connectivity index (χ1v) is 5.89. The lowest BCUT2D eigenvalue weighted by Crippen LogP contribution is -2.13. The summed E-state index contributed by atoms with van der Waals surface area (Å²) < 4.78 is 0. The van der Waals surface area contributed by atoms with Crippen LogP contribution in [0.25, 0.3) is 0 Å². The van der Waals surface area contributed by atoms with Crippen LogP contribution in [0.4, 0.5) is 0 Å². The molecular weight excluding hydrogens is 178 g/mol. The summed E-state index contributed by atoms with van der Waals surface area (Å²) in [7, 11) is 0. The molecule has 13 heavy (non-hydrogen) atoms. The van der Waals surface area contributed by atoms with Gasteiger partial charge in [-0.1, -0.05) is 26.8 Å². The lowest BCUT2D eigenvalue weighted by atomic mass is 9.91. The van der Waals surface area contributed by atoms with Crippen molar-refractivity contribution in [2.24, 2.45) is 0 Å². The van der Waals surface area contributed by atoms with Crippen molar-refractivity contribution in [2.75, 3.05) is 6.26 Å². The van der Waals surface area contributed by atoms with E-state index in [2.05, 4.69) is 50.2 Å². The van der Waals surface area contributed by atoms with Gasteiger partial charge in [-0.2, -0.15) is 11.8 Å². The maximum Gasteiger partial charge on any atom is 0.0506 e. The number of rotatable bonds is 2. The lowest BCUT2D eigenvalue weighted by molar-refractivity contribution is 0.567. The molecule has 1 nitrogen and oxygen atoms in total. The van der Waals surface area contributed by atoms with E-state index in [1.165, 1.54) is 11.4 Å². The van der Waals surface area contributed by atoms with Crippen LogP contribution in [0.1, 0.15) is 32.2 Å².